The number of para-hydroxylation sites is 2. The Morgan fingerprint density at radius 3 is 2.68 bits per heavy atom. The molecule has 0 aliphatic carbocycles. The molecule has 5 heteroatoms. The van der Waals surface area contributed by atoms with E-state index in [2.05, 4.69) is 57.8 Å². The van der Waals surface area contributed by atoms with Crippen LogP contribution in [0.15, 0.2) is 66.9 Å². The van der Waals surface area contributed by atoms with Crippen molar-refractivity contribution in [3.05, 3.63) is 78.1 Å². The summed E-state index contributed by atoms with van der Waals surface area (Å²) in [5.74, 6) is 0. The molecule has 2 amide bonds. The molecule has 28 heavy (non-hydrogen) atoms. The Labute approximate surface area is 165 Å². The van der Waals surface area contributed by atoms with Crippen molar-refractivity contribution in [3.63, 3.8) is 0 Å². The minimum Gasteiger partial charge on any atom is -0.372 e. The van der Waals surface area contributed by atoms with Crippen LogP contribution in [-0.2, 0) is 5.54 Å². The van der Waals surface area contributed by atoms with Crippen molar-refractivity contribution < 1.29 is 4.79 Å². The second kappa shape index (κ2) is 6.44. The number of hydrogen-bond acceptors (Lipinski definition) is 2. The molecule has 2 aromatic carbocycles. The summed E-state index contributed by atoms with van der Waals surface area (Å²) in [5.41, 5.74) is 5.49. The zero-order chi connectivity index (χ0) is 19.1. The molecular weight excluding hydrogens is 348 g/mol. The summed E-state index contributed by atoms with van der Waals surface area (Å²) in [4.78, 5) is 14.7. The minimum absolute atomic E-state index is 0.0213. The van der Waals surface area contributed by atoms with E-state index in [1.807, 2.05) is 36.1 Å². The van der Waals surface area contributed by atoms with Crippen LogP contribution in [0.5, 0.6) is 0 Å². The van der Waals surface area contributed by atoms with E-state index in [1.165, 1.54) is 11.4 Å². The number of aromatic nitrogens is 1. The van der Waals surface area contributed by atoms with Crippen LogP contribution in [0.4, 0.5) is 16.2 Å². The Kier molecular flexibility index (Phi) is 3.90. The van der Waals surface area contributed by atoms with Crippen LogP contribution >= 0.6 is 0 Å². The van der Waals surface area contributed by atoms with Crippen LogP contribution in [0.3, 0.4) is 0 Å². The molecule has 1 saturated heterocycles. The Morgan fingerprint density at radius 2 is 1.86 bits per heavy atom. The molecule has 1 spiro atoms. The number of nitrogens with one attached hydrogen (secondary N) is 2. The second-order valence-electron chi connectivity index (χ2n) is 7.77. The van der Waals surface area contributed by atoms with Crippen LogP contribution in [0.1, 0.15) is 24.1 Å². The van der Waals surface area contributed by atoms with E-state index in [-0.39, 0.29) is 11.6 Å². The van der Waals surface area contributed by atoms with Gasteiger partial charge in [0, 0.05) is 30.7 Å². The normalized spacial score (nSPS) is 16.8. The molecule has 5 rings (SSSR count). The number of carbonyl (C=O) groups excluding carboxylic acids is 1. The lowest BCUT2D eigenvalue weighted by atomic mass is 9.82. The number of carbonyl (C=O) groups is 1. The number of anilines is 2. The summed E-state index contributed by atoms with van der Waals surface area (Å²) in [6.45, 7) is 3.47. The fourth-order valence-corrected chi connectivity index (χ4v) is 4.49. The van der Waals surface area contributed by atoms with Gasteiger partial charge in [-0.15, -0.1) is 0 Å². The number of hydrogen-bond donors (Lipinski definition) is 2. The van der Waals surface area contributed by atoms with E-state index >= 15 is 0 Å². The van der Waals surface area contributed by atoms with Crippen molar-refractivity contribution in [1.82, 2.24) is 9.47 Å². The lowest BCUT2D eigenvalue weighted by Crippen LogP contribution is -2.51. The largest absolute Gasteiger partial charge is 0.372 e. The molecule has 2 aliphatic rings. The number of urea groups is 1. The third kappa shape index (κ3) is 2.74. The number of nitrogens with zero attached hydrogens (tertiary/aromatic N) is 2. The van der Waals surface area contributed by atoms with Crippen molar-refractivity contribution in [2.24, 2.45) is 0 Å². The van der Waals surface area contributed by atoms with Crippen molar-refractivity contribution in [2.45, 2.75) is 25.3 Å². The highest BCUT2D eigenvalue weighted by atomic mass is 16.2. The molecule has 0 unspecified atom stereocenters. The molecule has 3 aromatic rings. The molecule has 2 N–H and O–H groups in total. The van der Waals surface area contributed by atoms with Crippen molar-refractivity contribution in [2.75, 3.05) is 23.7 Å². The predicted octanol–water partition coefficient (Wildman–Crippen LogP) is 4.73. The SMILES string of the molecule is Cc1cccc(NC(=O)N2CCC3(CC2)Nc2ccccc2-n2cccc23)c1. The fourth-order valence-electron chi connectivity index (χ4n) is 4.49. The minimum atomic E-state index is -0.127. The lowest BCUT2D eigenvalue weighted by Gasteiger charge is -2.46. The van der Waals surface area contributed by atoms with Gasteiger partial charge in [0.15, 0.2) is 0 Å². The van der Waals surface area contributed by atoms with Gasteiger partial charge >= 0.3 is 6.03 Å². The van der Waals surface area contributed by atoms with Gasteiger partial charge in [0.1, 0.15) is 0 Å². The third-order valence-corrected chi connectivity index (χ3v) is 5.95. The van der Waals surface area contributed by atoms with E-state index in [4.69, 9.17) is 0 Å². The highest BCUT2D eigenvalue weighted by Gasteiger charge is 2.42. The maximum atomic E-state index is 12.7. The van der Waals surface area contributed by atoms with Gasteiger partial charge in [-0.05, 0) is 61.7 Å². The monoisotopic (exact) mass is 372 g/mol. The van der Waals surface area contributed by atoms with Crippen molar-refractivity contribution in [3.8, 4) is 5.69 Å². The van der Waals surface area contributed by atoms with E-state index in [1.54, 1.807) is 0 Å². The average Bonchev–Trinajstić information content (AvgIpc) is 3.20. The molecular formula is C23H24N4O. The Morgan fingerprint density at radius 1 is 1.04 bits per heavy atom. The highest BCUT2D eigenvalue weighted by Crippen LogP contribution is 2.43. The smallest absolute Gasteiger partial charge is 0.321 e. The lowest BCUT2D eigenvalue weighted by molar-refractivity contribution is 0.174. The molecule has 0 radical (unpaired) electrons. The van der Waals surface area contributed by atoms with Crippen LogP contribution in [-0.4, -0.2) is 28.6 Å². The van der Waals surface area contributed by atoms with E-state index < -0.39 is 0 Å². The van der Waals surface area contributed by atoms with Crippen LogP contribution in [0.2, 0.25) is 0 Å². The fraction of sp³-hybridized carbons (Fsp3) is 0.261. The number of benzene rings is 2. The number of fused-ring (bicyclic) bond motifs is 4. The molecule has 1 aromatic heterocycles. The molecule has 2 aliphatic heterocycles. The van der Waals surface area contributed by atoms with Gasteiger partial charge < -0.3 is 20.1 Å². The first kappa shape index (κ1) is 16.9. The first-order valence-electron chi connectivity index (χ1n) is 9.83. The van der Waals surface area contributed by atoms with E-state index in [0.29, 0.717) is 0 Å². The number of likely N-dealkylation sites (tertiary alicyclic amines) is 1. The maximum Gasteiger partial charge on any atom is 0.321 e. The zero-order valence-corrected chi connectivity index (χ0v) is 16.0. The van der Waals surface area contributed by atoms with Gasteiger partial charge in [-0.2, -0.15) is 0 Å². The van der Waals surface area contributed by atoms with Crippen molar-refractivity contribution >= 4 is 17.4 Å². The quantitative estimate of drug-likeness (QED) is 0.648. The Bertz CT molecular complexity index is 1030. The topological polar surface area (TPSA) is 49.3 Å². The standard InChI is InChI=1S/C23H24N4O/c1-17-6-4-7-18(16-17)24-22(28)26-14-11-23(12-15-26)21-10-5-13-27(21)20-9-3-2-8-19(20)25-23/h2-10,13,16,25H,11-12,14-15H2,1H3,(H,24,28). The van der Waals surface area contributed by atoms with Crippen molar-refractivity contribution in [1.29, 1.82) is 0 Å². The van der Waals surface area contributed by atoms with E-state index in [0.717, 1.165) is 42.9 Å². The number of aryl methyl sites for hydroxylation is 1. The number of rotatable bonds is 1. The molecule has 3 heterocycles. The Hall–Kier alpha value is -3.21. The van der Waals surface area contributed by atoms with Crippen LogP contribution in [0, 0.1) is 6.92 Å². The molecule has 1 fully saturated rings. The first-order valence-corrected chi connectivity index (χ1v) is 9.83. The number of piperidine rings is 1. The van der Waals surface area contributed by atoms with Gasteiger partial charge in [-0.3, -0.25) is 0 Å². The summed E-state index contributed by atoms with van der Waals surface area (Å²) in [7, 11) is 0. The predicted molar refractivity (Wildman–Crippen MR) is 112 cm³/mol. The zero-order valence-electron chi connectivity index (χ0n) is 16.0. The molecule has 5 nitrogen and oxygen atoms in total. The van der Waals surface area contributed by atoms with Gasteiger partial charge in [0.05, 0.1) is 16.9 Å². The molecule has 0 saturated carbocycles. The first-order chi connectivity index (χ1) is 13.6. The maximum absolute atomic E-state index is 12.7. The third-order valence-electron chi connectivity index (χ3n) is 5.95. The van der Waals surface area contributed by atoms with Gasteiger partial charge in [-0.25, -0.2) is 4.79 Å². The van der Waals surface area contributed by atoms with Gasteiger partial charge in [0.25, 0.3) is 0 Å². The Balaban J connectivity index is 1.34. The van der Waals surface area contributed by atoms with Crippen LogP contribution < -0.4 is 10.6 Å². The molecule has 142 valence electrons. The second-order valence-corrected chi connectivity index (χ2v) is 7.77. The van der Waals surface area contributed by atoms with E-state index in [9.17, 15) is 4.79 Å². The summed E-state index contributed by atoms with van der Waals surface area (Å²) in [5, 5.41) is 6.83. The summed E-state index contributed by atoms with van der Waals surface area (Å²) in [6.07, 6.45) is 3.90. The summed E-state index contributed by atoms with van der Waals surface area (Å²) < 4.78 is 2.29. The van der Waals surface area contributed by atoms with Gasteiger partial charge in [0.2, 0.25) is 0 Å². The number of amides is 2. The van der Waals surface area contributed by atoms with Gasteiger partial charge in [-0.1, -0.05) is 24.3 Å². The average molecular weight is 372 g/mol. The molecule has 0 bridgehead atoms. The molecule has 0 atom stereocenters. The summed E-state index contributed by atoms with van der Waals surface area (Å²) in [6, 6.07) is 20.6. The highest BCUT2D eigenvalue weighted by molar-refractivity contribution is 5.89. The van der Waals surface area contributed by atoms with Crippen LogP contribution in [0.25, 0.3) is 5.69 Å². The summed E-state index contributed by atoms with van der Waals surface area (Å²) >= 11 is 0.